The number of halogens is 1. The van der Waals surface area contributed by atoms with Gasteiger partial charge in [-0.3, -0.25) is 4.79 Å². The molecule has 1 amide bonds. The summed E-state index contributed by atoms with van der Waals surface area (Å²) in [4.78, 5) is 12.5. The van der Waals surface area contributed by atoms with Crippen molar-refractivity contribution in [3.8, 4) is 5.75 Å². The quantitative estimate of drug-likeness (QED) is 0.756. The first kappa shape index (κ1) is 19.9. The summed E-state index contributed by atoms with van der Waals surface area (Å²) < 4.78 is 34.5. The van der Waals surface area contributed by atoms with Gasteiger partial charge in [0.1, 0.15) is 16.7 Å². The van der Waals surface area contributed by atoms with Gasteiger partial charge in [-0.2, -0.15) is 4.31 Å². The van der Waals surface area contributed by atoms with Crippen molar-refractivity contribution >= 4 is 31.9 Å². The molecule has 2 aromatic carbocycles. The van der Waals surface area contributed by atoms with Crippen LogP contribution in [0, 0.1) is 0 Å². The lowest BCUT2D eigenvalue weighted by atomic mass is 9.95. The molecule has 6 nitrogen and oxygen atoms in total. The topological polar surface area (TPSA) is 75.7 Å². The Bertz CT molecular complexity index is 962. The Balaban J connectivity index is 2.11. The maximum Gasteiger partial charge on any atom is 0.247 e. The first-order valence-corrected chi connectivity index (χ1v) is 10.8. The number of carbonyl (C=O) groups is 1. The molecule has 1 aliphatic rings. The highest BCUT2D eigenvalue weighted by molar-refractivity contribution is 9.10. The molecule has 1 atom stereocenters. The Kier molecular flexibility index (Phi) is 5.88. The van der Waals surface area contributed by atoms with Gasteiger partial charge in [0.2, 0.25) is 15.9 Å². The zero-order valence-electron chi connectivity index (χ0n) is 15.1. The summed E-state index contributed by atoms with van der Waals surface area (Å²) in [7, 11) is -2.45. The number of fused-ring (bicyclic) bond motifs is 1. The average Bonchev–Trinajstić information content (AvgIpc) is 2.67. The van der Waals surface area contributed by atoms with Crippen molar-refractivity contribution in [2.24, 2.45) is 0 Å². The number of hydrogen-bond acceptors (Lipinski definition) is 4. The molecular weight excluding hydrogens is 432 g/mol. The van der Waals surface area contributed by atoms with E-state index in [0.717, 1.165) is 11.1 Å². The minimum Gasteiger partial charge on any atom is -0.492 e. The Morgan fingerprint density at radius 1 is 1.26 bits per heavy atom. The van der Waals surface area contributed by atoms with E-state index < -0.39 is 16.1 Å². The Hall–Kier alpha value is -1.90. The fourth-order valence-electron chi connectivity index (χ4n) is 3.23. The van der Waals surface area contributed by atoms with Gasteiger partial charge >= 0.3 is 0 Å². The SMILES string of the molecule is CCOc1ccc(Br)cc1S(=O)(=O)N1Cc2ccccc2C[C@@H]1C(=O)NC. The minimum atomic E-state index is -3.97. The number of nitrogens with one attached hydrogen (secondary N) is 1. The molecule has 0 aliphatic carbocycles. The van der Waals surface area contributed by atoms with Gasteiger partial charge in [-0.25, -0.2) is 8.42 Å². The molecule has 27 heavy (non-hydrogen) atoms. The molecule has 1 N–H and O–H groups in total. The normalized spacial score (nSPS) is 17.2. The predicted octanol–water partition coefficient (Wildman–Crippen LogP) is 2.71. The van der Waals surface area contributed by atoms with Gasteiger partial charge in [-0.15, -0.1) is 0 Å². The van der Waals surface area contributed by atoms with Gasteiger partial charge in [0, 0.05) is 18.1 Å². The van der Waals surface area contributed by atoms with Crippen molar-refractivity contribution in [2.45, 2.75) is 30.8 Å². The molecule has 0 bridgehead atoms. The number of amides is 1. The van der Waals surface area contributed by atoms with Crippen LogP contribution in [0.4, 0.5) is 0 Å². The number of carbonyl (C=O) groups excluding carboxylic acids is 1. The van der Waals surface area contributed by atoms with Crippen LogP contribution in [-0.2, 0) is 27.8 Å². The maximum absolute atomic E-state index is 13.5. The van der Waals surface area contributed by atoms with Crippen LogP contribution in [-0.4, -0.2) is 38.3 Å². The van der Waals surface area contributed by atoms with Gasteiger partial charge in [0.05, 0.1) is 6.61 Å². The molecule has 8 heteroatoms. The zero-order valence-corrected chi connectivity index (χ0v) is 17.5. The van der Waals surface area contributed by atoms with Crippen molar-refractivity contribution in [1.29, 1.82) is 0 Å². The third-order valence-electron chi connectivity index (χ3n) is 4.55. The molecule has 0 saturated heterocycles. The highest BCUT2D eigenvalue weighted by Crippen LogP contribution is 2.34. The summed E-state index contributed by atoms with van der Waals surface area (Å²) in [5.74, 6) is -0.0590. The number of benzene rings is 2. The Labute approximate surface area is 167 Å². The molecule has 0 spiro atoms. The molecule has 0 unspecified atom stereocenters. The summed E-state index contributed by atoms with van der Waals surface area (Å²) >= 11 is 3.33. The number of sulfonamides is 1. The predicted molar refractivity (Wildman–Crippen MR) is 106 cm³/mol. The van der Waals surface area contributed by atoms with Crippen molar-refractivity contribution in [3.63, 3.8) is 0 Å². The zero-order chi connectivity index (χ0) is 19.6. The van der Waals surface area contributed by atoms with E-state index in [9.17, 15) is 13.2 Å². The Morgan fingerprint density at radius 2 is 1.96 bits per heavy atom. The van der Waals surface area contributed by atoms with Crippen LogP contribution in [0.3, 0.4) is 0 Å². The van der Waals surface area contributed by atoms with E-state index >= 15 is 0 Å². The molecule has 144 valence electrons. The first-order chi connectivity index (χ1) is 12.9. The average molecular weight is 453 g/mol. The fourth-order valence-corrected chi connectivity index (χ4v) is 5.46. The number of nitrogens with zero attached hydrogens (tertiary/aromatic N) is 1. The van der Waals surface area contributed by atoms with Gasteiger partial charge in [-0.1, -0.05) is 40.2 Å². The molecule has 0 radical (unpaired) electrons. The van der Waals surface area contributed by atoms with E-state index in [2.05, 4.69) is 21.2 Å². The maximum atomic E-state index is 13.5. The summed E-state index contributed by atoms with van der Waals surface area (Å²) in [6, 6.07) is 11.6. The summed E-state index contributed by atoms with van der Waals surface area (Å²) in [6.45, 7) is 2.27. The molecule has 0 fully saturated rings. The number of ether oxygens (including phenoxy) is 1. The van der Waals surface area contributed by atoms with Gasteiger partial charge < -0.3 is 10.1 Å². The monoisotopic (exact) mass is 452 g/mol. The third-order valence-corrected chi connectivity index (χ3v) is 6.92. The second kappa shape index (κ2) is 8.00. The smallest absolute Gasteiger partial charge is 0.247 e. The Morgan fingerprint density at radius 3 is 2.63 bits per heavy atom. The molecule has 0 saturated carbocycles. The van der Waals surface area contributed by atoms with Crippen molar-refractivity contribution in [3.05, 3.63) is 58.1 Å². The van der Waals surface area contributed by atoms with Crippen molar-refractivity contribution < 1.29 is 17.9 Å². The fraction of sp³-hybridized carbons (Fsp3) is 0.316. The highest BCUT2D eigenvalue weighted by atomic mass is 79.9. The standard InChI is InChI=1S/C19H21BrN2O4S/c1-3-26-17-9-8-15(20)11-18(17)27(24,25)22-12-14-7-5-4-6-13(14)10-16(22)19(23)21-2/h4-9,11,16H,3,10,12H2,1-2H3,(H,21,23)/t16-/m1/s1. The first-order valence-electron chi connectivity index (χ1n) is 8.61. The van der Waals surface area contributed by atoms with Crippen molar-refractivity contribution in [2.75, 3.05) is 13.7 Å². The molecular formula is C19H21BrN2O4S. The number of rotatable bonds is 5. The van der Waals surface area contributed by atoms with Gasteiger partial charge in [-0.05, 0) is 42.7 Å². The summed E-state index contributed by atoms with van der Waals surface area (Å²) in [5, 5.41) is 2.58. The van der Waals surface area contributed by atoms with E-state index in [1.54, 1.807) is 19.1 Å². The molecule has 2 aromatic rings. The van der Waals surface area contributed by atoms with E-state index in [4.69, 9.17) is 4.74 Å². The lowest BCUT2D eigenvalue weighted by Crippen LogP contribution is -2.51. The second-order valence-electron chi connectivity index (χ2n) is 6.18. The molecule has 3 rings (SSSR count). The largest absolute Gasteiger partial charge is 0.492 e. The van der Waals surface area contributed by atoms with Gasteiger partial charge in [0.25, 0.3) is 0 Å². The van der Waals surface area contributed by atoms with Crippen molar-refractivity contribution in [1.82, 2.24) is 9.62 Å². The molecule has 1 heterocycles. The minimum absolute atomic E-state index is 0.0482. The van der Waals surface area contributed by atoms with E-state index in [1.807, 2.05) is 24.3 Å². The lowest BCUT2D eigenvalue weighted by molar-refractivity contribution is -0.124. The lowest BCUT2D eigenvalue weighted by Gasteiger charge is -2.35. The second-order valence-corrected chi connectivity index (χ2v) is 8.95. The molecule has 1 aliphatic heterocycles. The molecule has 0 aromatic heterocycles. The number of hydrogen-bond donors (Lipinski definition) is 1. The number of likely N-dealkylation sites (N-methyl/N-ethyl adjacent to an activating group) is 1. The van der Waals surface area contributed by atoms with Crippen LogP contribution in [0.25, 0.3) is 0 Å². The van der Waals surface area contributed by atoms with E-state index in [0.29, 0.717) is 17.5 Å². The van der Waals surface area contributed by atoms with E-state index in [1.165, 1.54) is 17.4 Å². The van der Waals surface area contributed by atoms with Crippen LogP contribution < -0.4 is 10.1 Å². The van der Waals surface area contributed by atoms with Crippen LogP contribution in [0.15, 0.2) is 51.8 Å². The van der Waals surface area contributed by atoms with Crippen LogP contribution in [0.1, 0.15) is 18.1 Å². The van der Waals surface area contributed by atoms with Crippen LogP contribution in [0.2, 0.25) is 0 Å². The van der Waals surface area contributed by atoms with Crippen LogP contribution >= 0.6 is 15.9 Å². The van der Waals surface area contributed by atoms with Gasteiger partial charge in [0.15, 0.2) is 0 Å². The highest BCUT2D eigenvalue weighted by Gasteiger charge is 2.40. The third kappa shape index (κ3) is 3.88. The summed E-state index contributed by atoms with van der Waals surface area (Å²) in [5.41, 5.74) is 1.88. The summed E-state index contributed by atoms with van der Waals surface area (Å²) in [6.07, 6.45) is 0.326. The van der Waals surface area contributed by atoms with Crippen LogP contribution in [0.5, 0.6) is 5.75 Å². The van der Waals surface area contributed by atoms with E-state index in [-0.39, 0.29) is 23.1 Å².